The lowest BCUT2D eigenvalue weighted by atomic mass is 10.1. The number of nitrogens with zero attached hydrogens (tertiary/aromatic N) is 4. The Morgan fingerprint density at radius 1 is 1.19 bits per heavy atom. The van der Waals surface area contributed by atoms with Crippen molar-refractivity contribution in [1.29, 1.82) is 0 Å². The van der Waals surface area contributed by atoms with Crippen LogP contribution in [0.25, 0.3) is 16.7 Å². The molecule has 36 heavy (non-hydrogen) atoms. The van der Waals surface area contributed by atoms with Gasteiger partial charge in [-0.15, -0.1) is 0 Å². The van der Waals surface area contributed by atoms with Gasteiger partial charge in [0.15, 0.2) is 22.3 Å². The van der Waals surface area contributed by atoms with E-state index in [1.165, 1.54) is 18.0 Å². The van der Waals surface area contributed by atoms with Crippen LogP contribution < -0.4 is 20.3 Å². The van der Waals surface area contributed by atoms with E-state index in [9.17, 15) is 9.59 Å². The molecule has 1 atom stereocenters. The van der Waals surface area contributed by atoms with E-state index < -0.39 is 0 Å². The number of ether oxygens (including phenoxy) is 2. The van der Waals surface area contributed by atoms with Crippen molar-refractivity contribution in [2.45, 2.75) is 24.0 Å². The predicted octanol–water partition coefficient (Wildman–Crippen LogP) is 3.65. The van der Waals surface area contributed by atoms with Gasteiger partial charge in [0, 0.05) is 23.7 Å². The first-order valence-corrected chi connectivity index (χ1v) is 12.7. The van der Waals surface area contributed by atoms with E-state index in [1.54, 1.807) is 35.6 Å². The molecule has 5 rings (SSSR count). The van der Waals surface area contributed by atoms with Gasteiger partial charge in [-0.1, -0.05) is 35.5 Å². The van der Waals surface area contributed by atoms with Gasteiger partial charge in [0.25, 0.3) is 5.56 Å². The molecule has 1 unspecified atom stereocenters. The minimum atomic E-state index is -0.273. The molecule has 0 radical (unpaired) electrons. The monoisotopic (exact) mass is 525 g/mol. The van der Waals surface area contributed by atoms with Crippen LogP contribution in [-0.2, 0) is 11.2 Å². The highest BCUT2D eigenvalue weighted by molar-refractivity contribution is 7.99. The molecule has 2 aromatic carbocycles. The topological polar surface area (TPSA) is 100 Å². The van der Waals surface area contributed by atoms with Crippen molar-refractivity contribution < 1.29 is 14.3 Å². The molecular weight excluding hydrogens is 502 g/mol. The van der Waals surface area contributed by atoms with Crippen LogP contribution in [-0.4, -0.2) is 51.8 Å². The fourth-order valence-electron chi connectivity index (χ4n) is 4.25. The minimum Gasteiger partial charge on any atom is -0.493 e. The second-order valence-electron chi connectivity index (χ2n) is 8.30. The molecular formula is C25H24ClN5O4S. The van der Waals surface area contributed by atoms with Crippen molar-refractivity contribution in [1.82, 2.24) is 24.6 Å². The largest absolute Gasteiger partial charge is 0.493 e. The first-order chi connectivity index (χ1) is 17.5. The van der Waals surface area contributed by atoms with Crippen molar-refractivity contribution in [2.75, 3.05) is 26.5 Å². The minimum absolute atomic E-state index is 0.115. The van der Waals surface area contributed by atoms with Gasteiger partial charge in [0.05, 0.1) is 32.1 Å². The highest BCUT2D eigenvalue weighted by Gasteiger charge is 2.29. The van der Waals surface area contributed by atoms with Gasteiger partial charge < -0.3 is 14.8 Å². The molecule has 11 heteroatoms. The number of aromatic nitrogens is 4. The molecule has 1 aliphatic heterocycles. The highest BCUT2D eigenvalue weighted by atomic mass is 35.5. The molecule has 0 aliphatic carbocycles. The zero-order chi connectivity index (χ0) is 25.2. The quantitative estimate of drug-likeness (QED) is 0.350. The van der Waals surface area contributed by atoms with Crippen LogP contribution >= 0.6 is 23.4 Å². The number of amides is 1. The summed E-state index contributed by atoms with van der Waals surface area (Å²) in [5.74, 6) is 1.80. The summed E-state index contributed by atoms with van der Waals surface area (Å²) in [5, 5.41) is 8.88. The SMILES string of the molecule is COc1ccc(CCNC(=O)CC2CSc3nc4c(cnn4-c4cccc(Cl)c4)c(=O)n32)cc1OC. The van der Waals surface area contributed by atoms with Crippen molar-refractivity contribution in [3.63, 3.8) is 0 Å². The van der Waals surface area contributed by atoms with E-state index in [0.29, 0.717) is 51.4 Å². The Bertz CT molecular complexity index is 1500. The fourth-order valence-corrected chi connectivity index (χ4v) is 5.56. The molecule has 0 saturated heterocycles. The number of hydrogen-bond donors (Lipinski definition) is 1. The van der Waals surface area contributed by atoms with Gasteiger partial charge in [0.2, 0.25) is 5.91 Å². The zero-order valence-corrected chi connectivity index (χ0v) is 21.3. The van der Waals surface area contributed by atoms with Gasteiger partial charge in [-0.25, -0.2) is 9.67 Å². The Hall–Kier alpha value is -3.50. The first-order valence-electron chi connectivity index (χ1n) is 11.3. The second-order valence-corrected chi connectivity index (χ2v) is 9.72. The number of carbonyl (C=O) groups is 1. The van der Waals surface area contributed by atoms with E-state index in [-0.39, 0.29) is 23.9 Å². The summed E-state index contributed by atoms with van der Waals surface area (Å²) in [7, 11) is 3.18. The van der Waals surface area contributed by atoms with E-state index in [4.69, 9.17) is 26.1 Å². The summed E-state index contributed by atoms with van der Waals surface area (Å²) < 4.78 is 13.8. The van der Waals surface area contributed by atoms with Crippen LogP contribution in [0, 0.1) is 0 Å². The van der Waals surface area contributed by atoms with E-state index in [0.717, 1.165) is 11.3 Å². The molecule has 1 amide bonds. The predicted molar refractivity (Wildman–Crippen MR) is 139 cm³/mol. The molecule has 0 fully saturated rings. The van der Waals surface area contributed by atoms with Gasteiger partial charge in [0.1, 0.15) is 5.39 Å². The molecule has 1 aliphatic rings. The van der Waals surface area contributed by atoms with Crippen molar-refractivity contribution in [3.8, 4) is 17.2 Å². The maximum absolute atomic E-state index is 13.3. The number of rotatable bonds is 8. The maximum atomic E-state index is 13.3. The molecule has 0 spiro atoms. The Labute approximate surface area is 216 Å². The summed E-state index contributed by atoms with van der Waals surface area (Å²) in [6, 6.07) is 12.6. The number of nitrogens with one attached hydrogen (secondary N) is 1. The van der Waals surface area contributed by atoms with E-state index in [2.05, 4.69) is 10.4 Å². The first kappa shape index (κ1) is 24.2. The number of carbonyl (C=O) groups excluding carboxylic acids is 1. The number of thioether (sulfide) groups is 1. The average Bonchev–Trinajstić information content (AvgIpc) is 3.49. The Balaban J connectivity index is 1.28. The van der Waals surface area contributed by atoms with Crippen LogP contribution in [0.4, 0.5) is 0 Å². The molecule has 186 valence electrons. The lowest BCUT2D eigenvalue weighted by Crippen LogP contribution is -2.31. The second kappa shape index (κ2) is 10.2. The van der Waals surface area contributed by atoms with Crippen molar-refractivity contribution in [2.24, 2.45) is 0 Å². The summed E-state index contributed by atoms with van der Waals surface area (Å²) in [6.45, 7) is 0.472. The number of benzene rings is 2. The van der Waals surface area contributed by atoms with Gasteiger partial charge in [-0.05, 0) is 42.3 Å². The Kier molecular flexibility index (Phi) is 6.88. The van der Waals surface area contributed by atoms with Crippen LogP contribution in [0.2, 0.25) is 5.02 Å². The summed E-state index contributed by atoms with van der Waals surface area (Å²) in [6.07, 6.45) is 2.36. The van der Waals surface area contributed by atoms with Crippen LogP contribution in [0.5, 0.6) is 11.5 Å². The highest BCUT2D eigenvalue weighted by Crippen LogP contribution is 2.33. The van der Waals surface area contributed by atoms with Crippen LogP contribution in [0.15, 0.2) is 58.6 Å². The van der Waals surface area contributed by atoms with Crippen molar-refractivity contribution in [3.05, 3.63) is 69.6 Å². The van der Waals surface area contributed by atoms with Crippen LogP contribution in [0.1, 0.15) is 18.0 Å². The third kappa shape index (κ3) is 4.66. The third-order valence-electron chi connectivity index (χ3n) is 6.03. The van der Waals surface area contributed by atoms with E-state index >= 15 is 0 Å². The summed E-state index contributed by atoms with van der Waals surface area (Å²) >= 11 is 7.59. The van der Waals surface area contributed by atoms with Gasteiger partial charge in [-0.3, -0.25) is 14.2 Å². The van der Waals surface area contributed by atoms with Crippen LogP contribution in [0.3, 0.4) is 0 Å². The lowest BCUT2D eigenvalue weighted by molar-refractivity contribution is -0.121. The van der Waals surface area contributed by atoms with Crippen molar-refractivity contribution >= 4 is 40.3 Å². The lowest BCUT2D eigenvalue weighted by Gasteiger charge is -2.14. The standard InChI is InChI=1S/C25H24ClN5O4S/c1-34-20-7-6-15(10-21(20)35-2)8-9-27-22(32)12-18-14-36-25-29-23-19(24(33)30(18)25)13-28-31(23)17-5-3-4-16(26)11-17/h3-7,10-11,13,18H,8-9,12,14H2,1-2H3,(H,27,32). The number of methoxy groups -OCH3 is 2. The molecule has 3 heterocycles. The maximum Gasteiger partial charge on any atom is 0.265 e. The zero-order valence-electron chi connectivity index (χ0n) is 19.7. The average molecular weight is 526 g/mol. The van der Waals surface area contributed by atoms with Gasteiger partial charge in [-0.2, -0.15) is 5.10 Å². The van der Waals surface area contributed by atoms with Gasteiger partial charge >= 0.3 is 0 Å². The number of fused-ring (bicyclic) bond motifs is 2. The number of hydrogen-bond acceptors (Lipinski definition) is 7. The third-order valence-corrected chi connectivity index (χ3v) is 7.36. The Morgan fingerprint density at radius 3 is 2.81 bits per heavy atom. The normalized spacial score (nSPS) is 14.6. The summed E-state index contributed by atoms with van der Waals surface area (Å²) in [4.78, 5) is 30.7. The molecule has 0 bridgehead atoms. The fraction of sp³-hybridized carbons (Fsp3) is 0.280. The molecule has 9 nitrogen and oxygen atoms in total. The molecule has 4 aromatic rings. The molecule has 0 saturated carbocycles. The smallest absolute Gasteiger partial charge is 0.265 e. The molecule has 1 N–H and O–H groups in total. The Morgan fingerprint density at radius 2 is 2.03 bits per heavy atom. The summed E-state index contributed by atoms with van der Waals surface area (Å²) in [5.41, 5.74) is 2.02. The van der Waals surface area contributed by atoms with E-state index in [1.807, 2.05) is 30.3 Å². The number of halogens is 1. The molecule has 2 aromatic heterocycles.